The molecule has 3 aliphatic rings. The third kappa shape index (κ3) is 5.62. The van der Waals surface area contributed by atoms with Crippen molar-refractivity contribution in [2.24, 2.45) is 5.92 Å². The van der Waals surface area contributed by atoms with Gasteiger partial charge in [0.1, 0.15) is 17.4 Å². The summed E-state index contributed by atoms with van der Waals surface area (Å²) in [6.07, 6.45) is 21.5. The molecule has 2 aromatic rings. The third-order valence-corrected chi connectivity index (χ3v) is 8.58. The van der Waals surface area contributed by atoms with E-state index >= 15 is 0 Å². The zero-order chi connectivity index (χ0) is 27.1. The Morgan fingerprint density at radius 2 is 1.28 bits per heavy atom. The number of hydrogen-bond donors (Lipinski definition) is 0. The average molecular weight is 527 g/mol. The summed E-state index contributed by atoms with van der Waals surface area (Å²) in [6.45, 7) is 2.27. The van der Waals surface area contributed by atoms with Crippen LogP contribution >= 0.6 is 0 Å². The average Bonchev–Trinajstić information content (AvgIpc) is 3.25. The number of fused-ring (bicyclic) bond motifs is 6. The predicted molar refractivity (Wildman–Crippen MR) is 155 cm³/mol. The minimum absolute atomic E-state index is 0.00504. The van der Waals surface area contributed by atoms with Crippen molar-refractivity contribution in [3.8, 4) is 5.75 Å². The summed E-state index contributed by atoms with van der Waals surface area (Å²) in [5.74, 6) is 0.0948. The number of hydrogen-bond acceptors (Lipinski definition) is 4. The Balaban J connectivity index is 1.17. The van der Waals surface area contributed by atoms with Gasteiger partial charge in [0, 0.05) is 11.1 Å². The van der Waals surface area contributed by atoms with Crippen LogP contribution in [0.4, 0.5) is 0 Å². The number of unbranched alkanes of at least 4 members (excludes halogenated alkanes) is 12. The molecule has 1 spiro atoms. The fourth-order valence-corrected chi connectivity index (χ4v) is 6.49. The van der Waals surface area contributed by atoms with Crippen LogP contribution in [0.25, 0.3) is 0 Å². The monoisotopic (exact) mass is 526 g/mol. The minimum atomic E-state index is -1.19. The van der Waals surface area contributed by atoms with Gasteiger partial charge >= 0.3 is 5.97 Å². The first-order valence-corrected chi connectivity index (χ1v) is 15.2. The third-order valence-electron chi connectivity index (χ3n) is 8.58. The van der Waals surface area contributed by atoms with Crippen molar-refractivity contribution >= 4 is 11.8 Å². The van der Waals surface area contributed by atoms with Gasteiger partial charge in [-0.1, -0.05) is 126 Å². The molecule has 0 aromatic heterocycles. The molecule has 5 rings (SSSR count). The standard InChI is InChI=1S/C35H42O4/c1-2-3-4-5-6-7-8-9-10-11-12-13-14-19-26-24-25-31-32(33(26)36)35(29-22-17-18-23-30(29)38-31)28-21-16-15-20-27(28)34(37)39-35/h15-18,20-25,32H,2-14,19H2,1H3. The van der Waals surface area contributed by atoms with Gasteiger partial charge in [-0.3, -0.25) is 4.79 Å². The van der Waals surface area contributed by atoms with Gasteiger partial charge in [-0.25, -0.2) is 4.79 Å². The topological polar surface area (TPSA) is 52.6 Å². The summed E-state index contributed by atoms with van der Waals surface area (Å²) in [7, 11) is 0. The summed E-state index contributed by atoms with van der Waals surface area (Å²) in [5, 5.41) is 0. The molecule has 206 valence electrons. The number of carbonyl (C=O) groups is 2. The maximum atomic E-state index is 14.0. The minimum Gasteiger partial charge on any atom is -0.460 e. The number of para-hydroxylation sites is 1. The second-order valence-electron chi connectivity index (χ2n) is 11.3. The maximum absolute atomic E-state index is 14.0. The van der Waals surface area contributed by atoms with Gasteiger partial charge < -0.3 is 9.47 Å². The molecule has 2 atom stereocenters. The molecule has 0 saturated heterocycles. The van der Waals surface area contributed by atoms with E-state index in [2.05, 4.69) is 6.92 Å². The molecular formula is C35H42O4. The van der Waals surface area contributed by atoms with Crippen molar-refractivity contribution in [2.45, 2.75) is 102 Å². The van der Waals surface area contributed by atoms with E-state index in [1.807, 2.05) is 54.6 Å². The van der Waals surface area contributed by atoms with Gasteiger partial charge in [-0.15, -0.1) is 0 Å². The van der Waals surface area contributed by atoms with Crippen LogP contribution in [0.2, 0.25) is 0 Å². The van der Waals surface area contributed by atoms with Crippen LogP contribution in [0.1, 0.15) is 118 Å². The van der Waals surface area contributed by atoms with Gasteiger partial charge in [0.25, 0.3) is 0 Å². The summed E-state index contributed by atoms with van der Waals surface area (Å²) in [6, 6.07) is 15.0. The first-order chi connectivity index (χ1) is 19.2. The highest BCUT2D eigenvalue weighted by Crippen LogP contribution is 2.56. The number of ether oxygens (including phenoxy) is 2. The van der Waals surface area contributed by atoms with E-state index in [0.717, 1.165) is 36.0 Å². The molecule has 2 aliphatic heterocycles. The van der Waals surface area contributed by atoms with E-state index in [4.69, 9.17) is 9.47 Å². The largest absolute Gasteiger partial charge is 0.460 e. The lowest BCUT2D eigenvalue weighted by Crippen LogP contribution is -2.47. The van der Waals surface area contributed by atoms with E-state index < -0.39 is 11.5 Å². The lowest BCUT2D eigenvalue weighted by Gasteiger charge is -2.43. The zero-order valence-corrected chi connectivity index (χ0v) is 23.4. The number of esters is 1. The number of ketones is 1. The number of benzene rings is 2. The number of allylic oxidation sites excluding steroid dienone is 3. The molecule has 2 aromatic carbocycles. The van der Waals surface area contributed by atoms with E-state index in [1.54, 1.807) is 6.07 Å². The summed E-state index contributed by atoms with van der Waals surface area (Å²) < 4.78 is 12.4. The zero-order valence-electron chi connectivity index (χ0n) is 23.4. The summed E-state index contributed by atoms with van der Waals surface area (Å²) in [4.78, 5) is 27.0. The van der Waals surface area contributed by atoms with E-state index in [9.17, 15) is 9.59 Å². The first-order valence-electron chi connectivity index (χ1n) is 15.2. The summed E-state index contributed by atoms with van der Waals surface area (Å²) in [5.41, 5.74) is 1.61. The Labute approximate surface area is 233 Å². The molecular weight excluding hydrogens is 484 g/mol. The lowest BCUT2D eigenvalue weighted by atomic mass is 9.68. The molecule has 2 heterocycles. The second-order valence-corrected chi connectivity index (χ2v) is 11.3. The van der Waals surface area contributed by atoms with Crippen molar-refractivity contribution in [1.82, 2.24) is 0 Å². The van der Waals surface area contributed by atoms with Crippen molar-refractivity contribution in [1.29, 1.82) is 0 Å². The molecule has 39 heavy (non-hydrogen) atoms. The van der Waals surface area contributed by atoms with Gasteiger partial charge in [-0.2, -0.15) is 0 Å². The predicted octanol–water partition coefficient (Wildman–Crippen LogP) is 8.98. The Morgan fingerprint density at radius 3 is 1.97 bits per heavy atom. The first kappa shape index (κ1) is 27.4. The lowest BCUT2D eigenvalue weighted by molar-refractivity contribution is -0.127. The Kier molecular flexibility index (Phi) is 9.01. The fraction of sp³-hybridized carbons (Fsp3) is 0.486. The normalized spacial score (nSPS) is 21.0. The molecule has 2 unspecified atom stereocenters. The Hall–Kier alpha value is -3.14. The van der Waals surface area contributed by atoms with Gasteiger partial charge in [0.15, 0.2) is 11.4 Å². The second kappa shape index (κ2) is 12.8. The van der Waals surface area contributed by atoms with Crippen LogP contribution in [-0.4, -0.2) is 11.8 Å². The molecule has 0 N–H and O–H groups in total. The van der Waals surface area contributed by atoms with Crippen molar-refractivity contribution < 1.29 is 19.1 Å². The number of Topliss-reactive ketones (excluding diaryl/α,β-unsaturated/α-hetero) is 1. The smallest absolute Gasteiger partial charge is 0.339 e. The van der Waals surface area contributed by atoms with Gasteiger partial charge in [0.05, 0.1) is 5.56 Å². The van der Waals surface area contributed by atoms with Crippen molar-refractivity contribution in [2.75, 3.05) is 0 Å². The van der Waals surface area contributed by atoms with E-state index in [0.29, 0.717) is 17.1 Å². The van der Waals surface area contributed by atoms with Crippen molar-refractivity contribution in [3.05, 3.63) is 88.7 Å². The molecule has 1 aliphatic carbocycles. The van der Waals surface area contributed by atoms with E-state index in [-0.39, 0.29) is 11.8 Å². The number of carbonyl (C=O) groups excluding carboxylic acids is 2. The molecule has 0 radical (unpaired) electrons. The molecule has 0 amide bonds. The Bertz CT molecular complexity index is 1240. The quantitative estimate of drug-likeness (QED) is 0.182. The Morgan fingerprint density at radius 1 is 0.692 bits per heavy atom. The summed E-state index contributed by atoms with van der Waals surface area (Å²) >= 11 is 0. The highest BCUT2D eigenvalue weighted by Gasteiger charge is 2.60. The molecule has 4 heteroatoms. The molecule has 4 nitrogen and oxygen atoms in total. The van der Waals surface area contributed by atoms with Crippen LogP contribution < -0.4 is 4.74 Å². The number of rotatable bonds is 14. The fourth-order valence-electron chi connectivity index (χ4n) is 6.49. The van der Waals surface area contributed by atoms with Crippen LogP contribution in [0.5, 0.6) is 5.75 Å². The SMILES string of the molecule is CCCCCCCCCCCCCCCC1=CC=C2Oc3ccccc3C3(OC(=O)c4ccccc43)C2C1=O. The van der Waals surface area contributed by atoms with Gasteiger partial charge in [-0.05, 0) is 36.6 Å². The van der Waals surface area contributed by atoms with Crippen LogP contribution in [0.3, 0.4) is 0 Å². The van der Waals surface area contributed by atoms with Crippen LogP contribution in [0, 0.1) is 5.92 Å². The van der Waals surface area contributed by atoms with E-state index in [1.165, 1.54) is 70.6 Å². The molecule has 0 bridgehead atoms. The highest BCUT2D eigenvalue weighted by atomic mass is 16.6. The van der Waals surface area contributed by atoms with Crippen molar-refractivity contribution in [3.63, 3.8) is 0 Å². The molecule has 0 fully saturated rings. The van der Waals surface area contributed by atoms with Crippen LogP contribution in [-0.2, 0) is 15.1 Å². The maximum Gasteiger partial charge on any atom is 0.339 e. The van der Waals surface area contributed by atoms with Gasteiger partial charge in [0.2, 0.25) is 0 Å². The van der Waals surface area contributed by atoms with Crippen LogP contribution in [0.15, 0.2) is 72.0 Å². The molecule has 0 saturated carbocycles. The highest BCUT2D eigenvalue weighted by molar-refractivity contribution is 6.04.